The Morgan fingerprint density at radius 1 is 1.30 bits per heavy atom. The van der Waals surface area contributed by atoms with Gasteiger partial charge in [-0.25, -0.2) is 4.68 Å². The lowest BCUT2D eigenvalue weighted by Gasteiger charge is -2.30. The highest BCUT2D eigenvalue weighted by atomic mass is 16.2. The molecule has 4 heteroatoms. The summed E-state index contributed by atoms with van der Waals surface area (Å²) in [6, 6.07) is 8.26. The van der Waals surface area contributed by atoms with Crippen LogP contribution in [-0.2, 0) is 6.42 Å². The van der Waals surface area contributed by atoms with E-state index in [1.807, 2.05) is 9.58 Å². The van der Waals surface area contributed by atoms with E-state index in [1.165, 1.54) is 12.0 Å². The number of aryl methyl sites for hydroxylation is 1. The summed E-state index contributed by atoms with van der Waals surface area (Å²) in [5, 5.41) is 4.49. The molecule has 0 N–H and O–H groups in total. The van der Waals surface area contributed by atoms with E-state index in [4.69, 9.17) is 0 Å². The van der Waals surface area contributed by atoms with Crippen LogP contribution in [0.5, 0.6) is 0 Å². The van der Waals surface area contributed by atoms with E-state index < -0.39 is 0 Å². The number of hydrogen-bond acceptors (Lipinski definition) is 2. The zero-order chi connectivity index (χ0) is 16.4. The van der Waals surface area contributed by atoms with Crippen molar-refractivity contribution in [3.05, 3.63) is 47.3 Å². The molecule has 0 radical (unpaired) electrons. The summed E-state index contributed by atoms with van der Waals surface area (Å²) in [6.07, 6.45) is 4.84. The van der Waals surface area contributed by atoms with Gasteiger partial charge in [0, 0.05) is 13.1 Å². The number of aromatic nitrogens is 2. The summed E-state index contributed by atoms with van der Waals surface area (Å²) >= 11 is 0. The lowest BCUT2D eigenvalue weighted by molar-refractivity contribution is 0.0682. The van der Waals surface area contributed by atoms with Crippen LogP contribution in [0.25, 0.3) is 5.69 Å². The molecule has 1 fully saturated rings. The Morgan fingerprint density at radius 2 is 2.04 bits per heavy atom. The minimum atomic E-state index is 0.131. The highest BCUT2D eigenvalue weighted by molar-refractivity contribution is 5.95. The molecule has 1 aromatic heterocycles. The van der Waals surface area contributed by atoms with Crippen LogP contribution in [0.4, 0.5) is 0 Å². The number of amides is 1. The lowest BCUT2D eigenvalue weighted by Crippen LogP contribution is -2.39. The first-order valence-corrected chi connectivity index (χ1v) is 8.53. The SMILES string of the molecule is CCc1c(C(=O)N2CCC[C@H](C)C2)cnn1-c1ccc(C)cc1. The van der Waals surface area contributed by atoms with Crippen LogP contribution >= 0.6 is 0 Å². The van der Waals surface area contributed by atoms with Crippen molar-refractivity contribution in [2.24, 2.45) is 5.92 Å². The zero-order valence-electron chi connectivity index (χ0n) is 14.2. The van der Waals surface area contributed by atoms with Crippen LogP contribution in [0.2, 0.25) is 0 Å². The highest BCUT2D eigenvalue weighted by Crippen LogP contribution is 2.21. The van der Waals surface area contributed by atoms with Gasteiger partial charge in [0.2, 0.25) is 0 Å². The van der Waals surface area contributed by atoms with Crippen LogP contribution < -0.4 is 0 Å². The Morgan fingerprint density at radius 3 is 2.70 bits per heavy atom. The Bertz CT molecular complexity index is 687. The van der Waals surface area contributed by atoms with Crippen LogP contribution in [0.3, 0.4) is 0 Å². The van der Waals surface area contributed by atoms with E-state index in [-0.39, 0.29) is 5.91 Å². The molecule has 0 spiro atoms. The molecule has 1 atom stereocenters. The van der Waals surface area contributed by atoms with Crippen molar-refractivity contribution in [2.45, 2.75) is 40.0 Å². The summed E-state index contributed by atoms with van der Waals surface area (Å²) in [7, 11) is 0. The van der Waals surface area contributed by atoms with E-state index in [9.17, 15) is 4.79 Å². The van der Waals surface area contributed by atoms with Gasteiger partial charge in [-0.05, 0) is 44.2 Å². The zero-order valence-corrected chi connectivity index (χ0v) is 14.2. The average molecular weight is 311 g/mol. The van der Waals surface area contributed by atoms with Gasteiger partial charge in [0.05, 0.1) is 23.1 Å². The normalized spacial score (nSPS) is 18.2. The third-order valence-corrected chi connectivity index (χ3v) is 4.66. The molecule has 0 saturated carbocycles. The van der Waals surface area contributed by atoms with E-state index in [2.05, 4.69) is 50.1 Å². The number of hydrogen-bond donors (Lipinski definition) is 0. The summed E-state index contributed by atoms with van der Waals surface area (Å²) in [4.78, 5) is 14.9. The Labute approximate surface area is 138 Å². The molecule has 0 bridgehead atoms. The Kier molecular flexibility index (Phi) is 4.51. The quantitative estimate of drug-likeness (QED) is 0.868. The largest absolute Gasteiger partial charge is 0.338 e. The molecule has 2 heterocycles. The Balaban J connectivity index is 1.91. The van der Waals surface area contributed by atoms with Crippen molar-refractivity contribution in [3.8, 4) is 5.69 Å². The summed E-state index contributed by atoms with van der Waals surface area (Å²) in [6.45, 7) is 8.09. The maximum atomic E-state index is 12.9. The molecular weight excluding hydrogens is 286 g/mol. The van der Waals surface area contributed by atoms with Gasteiger partial charge in [-0.1, -0.05) is 31.5 Å². The predicted octanol–water partition coefficient (Wildman–Crippen LogP) is 3.62. The van der Waals surface area contributed by atoms with E-state index in [1.54, 1.807) is 6.20 Å². The van der Waals surface area contributed by atoms with Gasteiger partial charge in [0.25, 0.3) is 5.91 Å². The van der Waals surface area contributed by atoms with Gasteiger partial charge in [-0.2, -0.15) is 5.10 Å². The minimum Gasteiger partial charge on any atom is -0.338 e. The molecule has 0 unspecified atom stereocenters. The molecule has 23 heavy (non-hydrogen) atoms. The van der Waals surface area contributed by atoms with Crippen molar-refractivity contribution in [1.29, 1.82) is 0 Å². The number of likely N-dealkylation sites (tertiary alicyclic amines) is 1. The minimum absolute atomic E-state index is 0.131. The van der Waals surface area contributed by atoms with Gasteiger partial charge in [-0.15, -0.1) is 0 Å². The predicted molar refractivity (Wildman–Crippen MR) is 92.0 cm³/mol. The maximum absolute atomic E-state index is 12.9. The molecule has 1 saturated heterocycles. The molecule has 1 amide bonds. The van der Waals surface area contributed by atoms with Gasteiger partial charge < -0.3 is 4.90 Å². The second-order valence-corrected chi connectivity index (χ2v) is 6.60. The highest BCUT2D eigenvalue weighted by Gasteiger charge is 2.25. The van der Waals surface area contributed by atoms with E-state index >= 15 is 0 Å². The van der Waals surface area contributed by atoms with Crippen LogP contribution in [0.1, 0.15) is 48.3 Å². The van der Waals surface area contributed by atoms with Crippen molar-refractivity contribution in [2.75, 3.05) is 13.1 Å². The number of carbonyl (C=O) groups is 1. The monoisotopic (exact) mass is 311 g/mol. The number of benzene rings is 1. The number of rotatable bonds is 3. The second kappa shape index (κ2) is 6.57. The molecule has 1 aliphatic heterocycles. The first-order valence-electron chi connectivity index (χ1n) is 8.53. The van der Waals surface area contributed by atoms with Crippen molar-refractivity contribution >= 4 is 5.91 Å². The second-order valence-electron chi connectivity index (χ2n) is 6.60. The summed E-state index contributed by atoms with van der Waals surface area (Å²) < 4.78 is 1.90. The van der Waals surface area contributed by atoms with Crippen LogP contribution in [-0.4, -0.2) is 33.7 Å². The number of carbonyl (C=O) groups excluding carboxylic acids is 1. The molecule has 0 aliphatic carbocycles. The lowest BCUT2D eigenvalue weighted by atomic mass is 9.99. The van der Waals surface area contributed by atoms with E-state index in [0.29, 0.717) is 5.92 Å². The van der Waals surface area contributed by atoms with E-state index in [0.717, 1.165) is 42.9 Å². The van der Waals surface area contributed by atoms with Crippen molar-refractivity contribution in [3.63, 3.8) is 0 Å². The summed E-state index contributed by atoms with van der Waals surface area (Å²) in [5.41, 5.74) is 3.98. The molecule has 4 nitrogen and oxygen atoms in total. The molecule has 3 rings (SSSR count). The smallest absolute Gasteiger partial charge is 0.257 e. The van der Waals surface area contributed by atoms with Crippen LogP contribution in [0.15, 0.2) is 30.5 Å². The standard InChI is InChI=1S/C19H25N3O/c1-4-18-17(19(23)21-11-5-6-15(3)13-21)12-20-22(18)16-9-7-14(2)8-10-16/h7-10,12,15H,4-6,11,13H2,1-3H3/t15-/m0/s1. The van der Waals surface area contributed by atoms with Gasteiger partial charge in [-0.3, -0.25) is 4.79 Å². The Hall–Kier alpha value is -2.10. The fourth-order valence-electron chi connectivity index (χ4n) is 3.35. The molecule has 1 aromatic carbocycles. The molecular formula is C19H25N3O. The fourth-order valence-corrected chi connectivity index (χ4v) is 3.35. The number of nitrogens with zero attached hydrogens (tertiary/aromatic N) is 3. The third kappa shape index (κ3) is 3.16. The first kappa shape index (κ1) is 15.8. The maximum Gasteiger partial charge on any atom is 0.257 e. The first-order chi connectivity index (χ1) is 11.1. The van der Waals surface area contributed by atoms with Crippen molar-refractivity contribution in [1.82, 2.24) is 14.7 Å². The van der Waals surface area contributed by atoms with Crippen molar-refractivity contribution < 1.29 is 4.79 Å². The molecule has 1 aliphatic rings. The molecule has 122 valence electrons. The number of piperidine rings is 1. The topological polar surface area (TPSA) is 38.1 Å². The average Bonchev–Trinajstić information content (AvgIpc) is 2.98. The molecule has 2 aromatic rings. The van der Waals surface area contributed by atoms with Gasteiger partial charge in [0.1, 0.15) is 0 Å². The summed E-state index contributed by atoms with van der Waals surface area (Å²) in [5.74, 6) is 0.719. The van der Waals surface area contributed by atoms with Gasteiger partial charge in [0.15, 0.2) is 0 Å². The third-order valence-electron chi connectivity index (χ3n) is 4.66. The fraction of sp³-hybridized carbons (Fsp3) is 0.474. The van der Waals surface area contributed by atoms with Gasteiger partial charge >= 0.3 is 0 Å². The van der Waals surface area contributed by atoms with Crippen LogP contribution in [0, 0.1) is 12.8 Å².